The lowest BCUT2D eigenvalue weighted by molar-refractivity contribution is 0.102. The molecule has 0 saturated heterocycles. The molecule has 0 radical (unpaired) electrons. The maximum absolute atomic E-state index is 12.8. The molecule has 3 N–H and O–H groups in total. The molecule has 0 bridgehead atoms. The fraction of sp³-hybridized carbons (Fsp3) is 0.208. The highest BCUT2D eigenvalue weighted by Gasteiger charge is 2.19. The number of amides is 1. The Morgan fingerprint density at radius 2 is 1.88 bits per heavy atom. The van der Waals surface area contributed by atoms with E-state index in [1.165, 1.54) is 0 Å². The molecule has 170 valence electrons. The van der Waals surface area contributed by atoms with Crippen molar-refractivity contribution >= 4 is 32.6 Å². The summed E-state index contributed by atoms with van der Waals surface area (Å²) in [5.74, 6) is -0.246. The van der Waals surface area contributed by atoms with Gasteiger partial charge in [0.15, 0.2) is 15.5 Å². The molecule has 0 aliphatic heterocycles. The van der Waals surface area contributed by atoms with Gasteiger partial charge in [0, 0.05) is 23.9 Å². The van der Waals surface area contributed by atoms with Crippen LogP contribution in [0.4, 0.5) is 5.69 Å². The van der Waals surface area contributed by atoms with Gasteiger partial charge in [0.25, 0.3) is 5.91 Å². The summed E-state index contributed by atoms with van der Waals surface area (Å²) in [5.41, 5.74) is 4.43. The van der Waals surface area contributed by atoms with Crippen LogP contribution < -0.4 is 10.6 Å². The first kappa shape index (κ1) is 22.6. The van der Waals surface area contributed by atoms with Gasteiger partial charge in [0.05, 0.1) is 27.7 Å². The lowest BCUT2D eigenvalue weighted by Gasteiger charge is -2.09. The van der Waals surface area contributed by atoms with Crippen LogP contribution in [0.1, 0.15) is 29.8 Å². The number of nitrogens with one attached hydrogen (secondary N) is 3. The minimum atomic E-state index is -3.35. The van der Waals surface area contributed by atoms with Crippen LogP contribution in [0.2, 0.25) is 0 Å². The average molecular weight is 464 g/mol. The second kappa shape index (κ2) is 9.13. The zero-order valence-corrected chi connectivity index (χ0v) is 19.4. The predicted octanol–water partition coefficient (Wildman–Crippen LogP) is 3.78. The molecule has 2 aromatic carbocycles. The monoisotopic (exact) mass is 463 g/mol. The standard InChI is InChI=1S/C24H25N5O3S/c1-15(2)33(31,32)19-9-7-17(8-10-19)20-13-26-23-22(28-20)21(14-27-23)29-24(30)18-6-4-5-16(11-18)12-25-3/h4-11,13-15,25H,12H2,1-3H3,(H,26,27)(H,29,30). The van der Waals surface area contributed by atoms with Crippen molar-refractivity contribution in [3.8, 4) is 11.3 Å². The molecule has 0 aliphatic rings. The number of fused-ring (bicyclic) bond motifs is 1. The zero-order chi connectivity index (χ0) is 23.6. The SMILES string of the molecule is CNCc1cccc(C(=O)Nc2c[nH]c3ncc(-c4ccc(S(=O)(=O)C(C)C)cc4)nc23)c1. The van der Waals surface area contributed by atoms with Gasteiger partial charge in [-0.2, -0.15) is 0 Å². The fourth-order valence-corrected chi connectivity index (χ4v) is 4.49. The molecule has 9 heteroatoms. The Morgan fingerprint density at radius 3 is 2.58 bits per heavy atom. The third-order valence-corrected chi connectivity index (χ3v) is 7.47. The van der Waals surface area contributed by atoms with E-state index in [1.807, 2.05) is 25.2 Å². The second-order valence-corrected chi connectivity index (χ2v) is 10.5. The van der Waals surface area contributed by atoms with Gasteiger partial charge in [-0.3, -0.25) is 4.79 Å². The molecule has 2 aromatic heterocycles. The minimum absolute atomic E-state index is 0.246. The van der Waals surface area contributed by atoms with E-state index in [1.54, 1.807) is 56.6 Å². The van der Waals surface area contributed by atoms with Gasteiger partial charge in [0.2, 0.25) is 0 Å². The number of H-pyrrole nitrogens is 1. The van der Waals surface area contributed by atoms with Crippen LogP contribution in [0.15, 0.2) is 65.8 Å². The highest BCUT2D eigenvalue weighted by Crippen LogP contribution is 2.26. The van der Waals surface area contributed by atoms with Gasteiger partial charge in [-0.1, -0.05) is 24.3 Å². The van der Waals surface area contributed by atoms with Crippen molar-refractivity contribution in [3.05, 3.63) is 72.1 Å². The van der Waals surface area contributed by atoms with Crippen LogP contribution in [-0.4, -0.2) is 41.6 Å². The Kier molecular flexibility index (Phi) is 6.26. The third-order valence-electron chi connectivity index (χ3n) is 5.30. The number of carbonyl (C=O) groups is 1. The van der Waals surface area contributed by atoms with Gasteiger partial charge in [-0.15, -0.1) is 0 Å². The van der Waals surface area contributed by atoms with Crippen molar-refractivity contribution in [3.63, 3.8) is 0 Å². The smallest absolute Gasteiger partial charge is 0.255 e. The van der Waals surface area contributed by atoms with Crippen molar-refractivity contribution in [1.82, 2.24) is 20.3 Å². The maximum Gasteiger partial charge on any atom is 0.255 e. The van der Waals surface area contributed by atoms with Crippen molar-refractivity contribution in [2.45, 2.75) is 30.5 Å². The maximum atomic E-state index is 12.8. The molecule has 0 saturated carbocycles. The van der Waals surface area contributed by atoms with Crippen LogP contribution in [0.5, 0.6) is 0 Å². The Morgan fingerprint density at radius 1 is 1.12 bits per heavy atom. The molecule has 0 fully saturated rings. The molecular formula is C24H25N5O3S. The van der Waals surface area contributed by atoms with Gasteiger partial charge in [0.1, 0.15) is 5.52 Å². The molecule has 1 amide bonds. The summed E-state index contributed by atoms with van der Waals surface area (Å²) in [6, 6.07) is 14.0. The summed E-state index contributed by atoms with van der Waals surface area (Å²) >= 11 is 0. The highest BCUT2D eigenvalue weighted by atomic mass is 32.2. The first-order valence-corrected chi connectivity index (χ1v) is 12.1. The number of rotatable bonds is 7. The number of hydrogen-bond donors (Lipinski definition) is 3. The highest BCUT2D eigenvalue weighted by molar-refractivity contribution is 7.92. The van der Waals surface area contributed by atoms with E-state index >= 15 is 0 Å². The summed E-state index contributed by atoms with van der Waals surface area (Å²) in [4.78, 5) is 25.1. The Bertz CT molecular complexity index is 1410. The van der Waals surface area contributed by atoms with E-state index in [-0.39, 0.29) is 10.8 Å². The number of aromatic nitrogens is 3. The Hall–Kier alpha value is -3.56. The van der Waals surface area contributed by atoms with E-state index < -0.39 is 15.1 Å². The van der Waals surface area contributed by atoms with Crippen molar-refractivity contribution in [1.29, 1.82) is 0 Å². The lowest BCUT2D eigenvalue weighted by atomic mass is 10.1. The molecule has 0 atom stereocenters. The van der Waals surface area contributed by atoms with E-state index in [4.69, 9.17) is 0 Å². The molecular weight excluding hydrogens is 438 g/mol. The molecule has 8 nitrogen and oxygen atoms in total. The summed E-state index contributed by atoms with van der Waals surface area (Å²) in [5, 5.41) is 5.47. The number of benzene rings is 2. The minimum Gasteiger partial charge on any atom is -0.343 e. The van der Waals surface area contributed by atoms with Crippen LogP contribution >= 0.6 is 0 Å². The van der Waals surface area contributed by atoms with Gasteiger partial charge < -0.3 is 15.6 Å². The fourth-order valence-electron chi connectivity index (χ4n) is 3.43. The zero-order valence-electron chi connectivity index (χ0n) is 18.6. The first-order chi connectivity index (χ1) is 15.8. The summed E-state index contributed by atoms with van der Waals surface area (Å²) in [7, 11) is -1.49. The number of anilines is 1. The molecule has 4 rings (SSSR count). The normalized spacial score (nSPS) is 11.8. The molecule has 4 aromatic rings. The number of aromatic amines is 1. The third kappa shape index (κ3) is 4.64. The van der Waals surface area contributed by atoms with E-state index in [9.17, 15) is 13.2 Å². The Labute approximate surface area is 192 Å². The number of nitrogens with zero attached hydrogens (tertiary/aromatic N) is 2. The van der Waals surface area contributed by atoms with Crippen molar-refractivity contribution in [2.24, 2.45) is 0 Å². The number of carbonyl (C=O) groups excluding carboxylic acids is 1. The number of hydrogen-bond acceptors (Lipinski definition) is 6. The molecule has 0 spiro atoms. The Balaban J connectivity index is 1.62. The summed E-state index contributed by atoms with van der Waals surface area (Å²) in [6.45, 7) is 3.98. The van der Waals surface area contributed by atoms with Crippen LogP contribution in [0.3, 0.4) is 0 Å². The van der Waals surface area contributed by atoms with E-state index in [2.05, 4.69) is 25.6 Å². The average Bonchev–Trinajstić information content (AvgIpc) is 3.21. The van der Waals surface area contributed by atoms with E-state index in [0.29, 0.717) is 34.7 Å². The quantitative estimate of drug-likeness (QED) is 0.384. The van der Waals surface area contributed by atoms with E-state index in [0.717, 1.165) is 11.1 Å². The van der Waals surface area contributed by atoms with Crippen LogP contribution in [0, 0.1) is 0 Å². The first-order valence-electron chi connectivity index (χ1n) is 10.5. The largest absolute Gasteiger partial charge is 0.343 e. The lowest BCUT2D eigenvalue weighted by Crippen LogP contribution is -2.13. The van der Waals surface area contributed by atoms with Gasteiger partial charge in [-0.05, 0) is 50.7 Å². The van der Waals surface area contributed by atoms with Gasteiger partial charge in [-0.25, -0.2) is 18.4 Å². The molecule has 2 heterocycles. The summed E-state index contributed by atoms with van der Waals surface area (Å²) in [6.07, 6.45) is 3.26. The molecule has 0 unspecified atom stereocenters. The van der Waals surface area contributed by atoms with Crippen LogP contribution in [-0.2, 0) is 16.4 Å². The predicted molar refractivity (Wildman–Crippen MR) is 129 cm³/mol. The molecule has 33 heavy (non-hydrogen) atoms. The molecule has 0 aliphatic carbocycles. The van der Waals surface area contributed by atoms with Crippen LogP contribution in [0.25, 0.3) is 22.4 Å². The number of sulfone groups is 1. The second-order valence-electron chi connectivity index (χ2n) is 7.96. The van der Waals surface area contributed by atoms with Gasteiger partial charge >= 0.3 is 0 Å². The topological polar surface area (TPSA) is 117 Å². The van der Waals surface area contributed by atoms with Crippen molar-refractivity contribution in [2.75, 3.05) is 12.4 Å². The summed E-state index contributed by atoms with van der Waals surface area (Å²) < 4.78 is 24.7. The van der Waals surface area contributed by atoms with Crippen molar-refractivity contribution < 1.29 is 13.2 Å².